The standard InChI is InChI=1S/C14H15FO/c1-10-9-12(7-8-14(10,2)16)11-3-5-13(15)6-4-11/h3-10,16H,1-2H3. The predicted octanol–water partition coefficient (Wildman–Crippen LogP) is 3.17. The average molecular weight is 218 g/mol. The Morgan fingerprint density at radius 1 is 1.25 bits per heavy atom. The SMILES string of the molecule is CC1C=C(c2ccc(F)cc2)C=CC1(C)O. The van der Waals surface area contributed by atoms with Gasteiger partial charge in [0.05, 0.1) is 5.60 Å². The lowest BCUT2D eigenvalue weighted by atomic mass is 9.83. The highest BCUT2D eigenvalue weighted by Crippen LogP contribution is 2.30. The van der Waals surface area contributed by atoms with Gasteiger partial charge in [-0.15, -0.1) is 0 Å². The molecule has 16 heavy (non-hydrogen) atoms. The summed E-state index contributed by atoms with van der Waals surface area (Å²) in [6.07, 6.45) is 5.68. The van der Waals surface area contributed by atoms with E-state index in [1.807, 2.05) is 19.1 Å². The Bertz CT molecular complexity index is 440. The van der Waals surface area contributed by atoms with E-state index in [1.54, 1.807) is 25.1 Å². The minimum absolute atomic E-state index is 0.0533. The molecular formula is C14H15FO. The Morgan fingerprint density at radius 2 is 1.88 bits per heavy atom. The van der Waals surface area contributed by atoms with Crippen molar-refractivity contribution in [2.24, 2.45) is 5.92 Å². The zero-order chi connectivity index (χ0) is 11.8. The van der Waals surface area contributed by atoms with Gasteiger partial charge in [-0.2, -0.15) is 0 Å². The van der Waals surface area contributed by atoms with Gasteiger partial charge in [0.2, 0.25) is 0 Å². The lowest BCUT2D eigenvalue weighted by Crippen LogP contribution is -2.30. The van der Waals surface area contributed by atoms with Gasteiger partial charge in [-0.05, 0) is 30.2 Å². The minimum atomic E-state index is -0.788. The van der Waals surface area contributed by atoms with Gasteiger partial charge in [0, 0.05) is 5.92 Å². The largest absolute Gasteiger partial charge is 0.385 e. The van der Waals surface area contributed by atoms with E-state index in [1.165, 1.54) is 12.1 Å². The molecule has 0 bridgehead atoms. The Kier molecular flexibility index (Phi) is 2.68. The molecule has 0 amide bonds. The molecule has 1 N–H and O–H groups in total. The van der Waals surface area contributed by atoms with Gasteiger partial charge in [-0.1, -0.05) is 37.3 Å². The highest BCUT2D eigenvalue weighted by molar-refractivity contribution is 5.75. The molecule has 0 saturated heterocycles. The summed E-state index contributed by atoms with van der Waals surface area (Å²) in [6, 6.07) is 6.39. The molecule has 1 aliphatic rings. The molecule has 0 fully saturated rings. The van der Waals surface area contributed by atoms with Crippen LogP contribution in [0.2, 0.25) is 0 Å². The van der Waals surface area contributed by atoms with E-state index in [0.29, 0.717) is 0 Å². The molecular weight excluding hydrogens is 203 g/mol. The zero-order valence-corrected chi connectivity index (χ0v) is 9.44. The third kappa shape index (κ3) is 2.07. The second-order valence-electron chi connectivity index (χ2n) is 4.48. The summed E-state index contributed by atoms with van der Waals surface area (Å²) in [7, 11) is 0. The second kappa shape index (κ2) is 3.87. The van der Waals surface area contributed by atoms with Crippen LogP contribution in [-0.4, -0.2) is 10.7 Å². The minimum Gasteiger partial charge on any atom is -0.385 e. The Hall–Kier alpha value is -1.41. The van der Waals surface area contributed by atoms with Crippen LogP contribution >= 0.6 is 0 Å². The fourth-order valence-corrected chi connectivity index (χ4v) is 1.74. The van der Waals surface area contributed by atoms with Crippen LogP contribution in [-0.2, 0) is 0 Å². The molecule has 0 saturated carbocycles. The van der Waals surface area contributed by atoms with Crippen molar-refractivity contribution in [1.82, 2.24) is 0 Å². The molecule has 2 atom stereocenters. The third-order valence-corrected chi connectivity index (χ3v) is 3.13. The van der Waals surface area contributed by atoms with Crippen molar-refractivity contribution < 1.29 is 9.50 Å². The maximum atomic E-state index is 12.8. The van der Waals surface area contributed by atoms with Crippen molar-refractivity contribution in [2.45, 2.75) is 19.4 Å². The molecule has 0 aromatic heterocycles. The number of hydrogen-bond acceptors (Lipinski definition) is 1. The van der Waals surface area contributed by atoms with Gasteiger partial charge in [0.1, 0.15) is 5.82 Å². The number of aliphatic hydroxyl groups is 1. The quantitative estimate of drug-likeness (QED) is 0.767. The first-order valence-electron chi connectivity index (χ1n) is 5.38. The molecule has 1 aromatic carbocycles. The Labute approximate surface area is 94.9 Å². The van der Waals surface area contributed by atoms with E-state index < -0.39 is 5.60 Å². The van der Waals surface area contributed by atoms with Gasteiger partial charge >= 0.3 is 0 Å². The molecule has 1 nitrogen and oxygen atoms in total. The van der Waals surface area contributed by atoms with Gasteiger partial charge in [0.25, 0.3) is 0 Å². The number of rotatable bonds is 1. The summed E-state index contributed by atoms with van der Waals surface area (Å²) in [6.45, 7) is 3.75. The van der Waals surface area contributed by atoms with Gasteiger partial charge in [0.15, 0.2) is 0 Å². The Balaban J connectivity index is 2.31. The van der Waals surface area contributed by atoms with Crippen molar-refractivity contribution in [1.29, 1.82) is 0 Å². The van der Waals surface area contributed by atoms with Crippen LogP contribution in [0.25, 0.3) is 5.57 Å². The topological polar surface area (TPSA) is 20.2 Å². The predicted molar refractivity (Wildman–Crippen MR) is 63.3 cm³/mol. The summed E-state index contributed by atoms with van der Waals surface area (Å²) in [5.41, 5.74) is 1.21. The fraction of sp³-hybridized carbons (Fsp3) is 0.286. The monoisotopic (exact) mass is 218 g/mol. The summed E-state index contributed by atoms with van der Waals surface area (Å²) >= 11 is 0. The number of hydrogen-bond donors (Lipinski definition) is 1. The molecule has 2 heteroatoms. The normalized spacial score (nSPS) is 29.0. The number of benzene rings is 1. The molecule has 84 valence electrons. The van der Waals surface area contributed by atoms with Gasteiger partial charge in [-0.3, -0.25) is 0 Å². The van der Waals surface area contributed by atoms with Crippen molar-refractivity contribution in [3.63, 3.8) is 0 Å². The third-order valence-electron chi connectivity index (χ3n) is 3.13. The summed E-state index contributed by atoms with van der Waals surface area (Å²) in [4.78, 5) is 0. The second-order valence-corrected chi connectivity index (χ2v) is 4.48. The maximum absolute atomic E-state index is 12.8. The summed E-state index contributed by atoms with van der Waals surface area (Å²) in [5.74, 6) is -0.179. The first-order valence-corrected chi connectivity index (χ1v) is 5.38. The molecule has 0 radical (unpaired) electrons. The smallest absolute Gasteiger partial charge is 0.123 e. The first-order chi connectivity index (χ1) is 7.49. The highest BCUT2D eigenvalue weighted by atomic mass is 19.1. The van der Waals surface area contributed by atoms with Crippen LogP contribution in [0.4, 0.5) is 4.39 Å². The maximum Gasteiger partial charge on any atom is 0.123 e. The Morgan fingerprint density at radius 3 is 2.44 bits per heavy atom. The number of halogens is 1. The van der Waals surface area contributed by atoms with Crippen LogP contribution in [0.1, 0.15) is 19.4 Å². The molecule has 1 aromatic rings. The van der Waals surface area contributed by atoms with Gasteiger partial charge < -0.3 is 5.11 Å². The highest BCUT2D eigenvalue weighted by Gasteiger charge is 2.26. The molecule has 0 spiro atoms. The van der Waals surface area contributed by atoms with Crippen LogP contribution in [0, 0.1) is 11.7 Å². The van der Waals surface area contributed by atoms with Crippen LogP contribution in [0.5, 0.6) is 0 Å². The van der Waals surface area contributed by atoms with E-state index in [2.05, 4.69) is 0 Å². The zero-order valence-electron chi connectivity index (χ0n) is 9.44. The first kappa shape index (κ1) is 11.1. The van der Waals surface area contributed by atoms with Crippen LogP contribution in [0.15, 0.2) is 42.5 Å². The average Bonchev–Trinajstić information content (AvgIpc) is 2.24. The van der Waals surface area contributed by atoms with Crippen molar-refractivity contribution in [3.05, 3.63) is 53.9 Å². The molecule has 0 aliphatic heterocycles. The summed E-state index contributed by atoms with van der Waals surface area (Å²) in [5, 5.41) is 9.96. The van der Waals surface area contributed by atoms with Crippen molar-refractivity contribution >= 4 is 5.57 Å². The van der Waals surface area contributed by atoms with E-state index in [-0.39, 0.29) is 11.7 Å². The lowest BCUT2D eigenvalue weighted by molar-refractivity contribution is 0.0734. The van der Waals surface area contributed by atoms with Crippen molar-refractivity contribution in [2.75, 3.05) is 0 Å². The number of allylic oxidation sites excluding steroid dienone is 2. The molecule has 0 heterocycles. The van der Waals surface area contributed by atoms with E-state index >= 15 is 0 Å². The van der Waals surface area contributed by atoms with Crippen LogP contribution in [0.3, 0.4) is 0 Å². The van der Waals surface area contributed by atoms with E-state index in [4.69, 9.17) is 0 Å². The fourth-order valence-electron chi connectivity index (χ4n) is 1.74. The lowest BCUT2D eigenvalue weighted by Gasteiger charge is -2.28. The van der Waals surface area contributed by atoms with Gasteiger partial charge in [-0.25, -0.2) is 4.39 Å². The molecule has 2 rings (SSSR count). The molecule has 2 unspecified atom stereocenters. The van der Waals surface area contributed by atoms with Crippen molar-refractivity contribution in [3.8, 4) is 0 Å². The van der Waals surface area contributed by atoms with E-state index in [9.17, 15) is 9.50 Å². The van der Waals surface area contributed by atoms with Crippen LogP contribution < -0.4 is 0 Å². The summed E-state index contributed by atoms with van der Waals surface area (Å²) < 4.78 is 12.8. The van der Waals surface area contributed by atoms with E-state index in [0.717, 1.165) is 11.1 Å². The molecule has 1 aliphatic carbocycles.